The van der Waals surface area contributed by atoms with Gasteiger partial charge in [-0.3, -0.25) is 0 Å². The molecule has 3 heterocycles. The first-order valence-electron chi connectivity index (χ1n) is 13.8. The zero-order valence-corrected chi connectivity index (χ0v) is 25.3. The van der Waals surface area contributed by atoms with Gasteiger partial charge in [0, 0.05) is 56.4 Å². The van der Waals surface area contributed by atoms with Gasteiger partial charge in [-0.05, 0) is 54.0 Å². The quantitative estimate of drug-likeness (QED) is 0.282. The molecule has 0 unspecified atom stereocenters. The Hall–Kier alpha value is -3.15. The maximum Gasteiger partial charge on any atom is 0.229 e. The summed E-state index contributed by atoms with van der Waals surface area (Å²) in [6.45, 7) is 18.3. The van der Waals surface area contributed by atoms with Crippen molar-refractivity contribution in [2.45, 2.75) is 58.2 Å². The van der Waals surface area contributed by atoms with E-state index in [1.54, 1.807) is 0 Å². The van der Waals surface area contributed by atoms with Crippen LogP contribution in [0.15, 0.2) is 36.5 Å². The Morgan fingerprint density at radius 2 is 1.53 bits per heavy atom. The van der Waals surface area contributed by atoms with Gasteiger partial charge in [0.05, 0.1) is 5.39 Å². The summed E-state index contributed by atoms with van der Waals surface area (Å²) in [6.07, 6.45) is 1.85. The summed E-state index contributed by atoms with van der Waals surface area (Å²) >= 11 is 0. The van der Waals surface area contributed by atoms with E-state index < -0.39 is 8.07 Å². The van der Waals surface area contributed by atoms with Crippen molar-refractivity contribution in [2.24, 2.45) is 0 Å². The van der Waals surface area contributed by atoms with Crippen molar-refractivity contribution in [3.63, 3.8) is 0 Å². The lowest BCUT2D eigenvalue weighted by atomic mass is 10.2. The Balaban J connectivity index is 1.62. The normalized spacial score (nSPS) is 14.8. The second-order valence-electron chi connectivity index (χ2n) is 11.3. The summed E-state index contributed by atoms with van der Waals surface area (Å²) in [4.78, 5) is 18.9. The molecule has 0 radical (unpaired) electrons. The van der Waals surface area contributed by atoms with Gasteiger partial charge in [0.15, 0.2) is 5.65 Å². The third-order valence-electron chi connectivity index (χ3n) is 8.09. The van der Waals surface area contributed by atoms with E-state index in [4.69, 9.17) is 9.97 Å². The van der Waals surface area contributed by atoms with Crippen LogP contribution in [0.25, 0.3) is 11.0 Å². The number of hydrogen-bond donors (Lipinski definition) is 2. The fraction of sp³-hybridized carbons (Fsp3) is 0.500. The summed E-state index contributed by atoms with van der Waals surface area (Å²) in [5.74, 6) is 4.87. The number of hydrogen-bond acceptors (Lipinski definition) is 7. The molecule has 0 saturated carbocycles. The molecule has 1 fully saturated rings. The average molecular weight is 530 g/mol. The van der Waals surface area contributed by atoms with Gasteiger partial charge in [-0.15, -0.1) is 5.54 Å². The van der Waals surface area contributed by atoms with E-state index in [1.807, 2.05) is 19.3 Å². The van der Waals surface area contributed by atoms with Gasteiger partial charge in [0.2, 0.25) is 5.95 Å². The minimum Gasteiger partial charge on any atom is -0.373 e. The van der Waals surface area contributed by atoms with Gasteiger partial charge in [-0.1, -0.05) is 47.5 Å². The van der Waals surface area contributed by atoms with Crippen LogP contribution in [0, 0.1) is 11.5 Å². The molecule has 0 bridgehead atoms. The second kappa shape index (κ2) is 11.7. The van der Waals surface area contributed by atoms with E-state index in [2.05, 4.69) is 110 Å². The SMILES string of the molecule is CNc1cc(C#C[Si](C(C)C)(C(C)C)C(C)C)c2cnc(Nc3ccc(N4CCN(C)CC4)cc3)nc2n1. The number of rotatable bonds is 7. The van der Waals surface area contributed by atoms with Gasteiger partial charge in [0.1, 0.15) is 13.9 Å². The lowest BCUT2D eigenvalue weighted by molar-refractivity contribution is 0.313. The predicted molar refractivity (Wildman–Crippen MR) is 164 cm³/mol. The summed E-state index contributed by atoms with van der Waals surface area (Å²) in [5.41, 5.74) is 9.32. The molecule has 7 nitrogen and oxygen atoms in total. The van der Waals surface area contributed by atoms with Crippen LogP contribution >= 0.6 is 0 Å². The summed E-state index contributed by atoms with van der Waals surface area (Å²) in [7, 11) is 2.19. The van der Waals surface area contributed by atoms with E-state index in [-0.39, 0.29) is 0 Å². The van der Waals surface area contributed by atoms with Gasteiger partial charge < -0.3 is 20.4 Å². The van der Waals surface area contributed by atoms with Crippen LogP contribution in [0.1, 0.15) is 47.1 Å². The molecule has 4 rings (SSSR count). The number of likely N-dealkylation sites (N-methyl/N-ethyl adjacent to an activating group) is 1. The monoisotopic (exact) mass is 529 g/mol. The lowest BCUT2D eigenvalue weighted by Crippen LogP contribution is -2.44. The first kappa shape index (κ1) is 27.9. The topological polar surface area (TPSA) is 69.2 Å². The predicted octanol–water partition coefficient (Wildman–Crippen LogP) is 6.13. The number of pyridine rings is 1. The molecular weight excluding hydrogens is 486 g/mol. The van der Waals surface area contributed by atoms with Crippen LogP contribution in [0.2, 0.25) is 16.6 Å². The van der Waals surface area contributed by atoms with Gasteiger partial charge >= 0.3 is 0 Å². The highest BCUT2D eigenvalue weighted by atomic mass is 28.3. The molecule has 0 amide bonds. The molecule has 0 atom stereocenters. The van der Waals surface area contributed by atoms with E-state index in [9.17, 15) is 0 Å². The number of nitrogens with one attached hydrogen (secondary N) is 2. The zero-order chi connectivity index (χ0) is 27.4. The molecule has 1 aliphatic rings. The summed E-state index contributed by atoms with van der Waals surface area (Å²) in [5, 5.41) is 7.41. The minimum absolute atomic E-state index is 0.528. The number of benzene rings is 1. The number of nitrogens with zero attached hydrogens (tertiary/aromatic N) is 5. The van der Waals surface area contributed by atoms with Crippen molar-refractivity contribution in [2.75, 3.05) is 55.8 Å². The van der Waals surface area contributed by atoms with Crippen molar-refractivity contribution in [1.29, 1.82) is 0 Å². The number of piperazine rings is 1. The number of aromatic nitrogens is 3. The lowest BCUT2D eigenvalue weighted by Gasteiger charge is -2.38. The van der Waals surface area contributed by atoms with E-state index in [0.29, 0.717) is 28.2 Å². The van der Waals surface area contributed by atoms with Crippen LogP contribution in [0.4, 0.5) is 23.1 Å². The van der Waals surface area contributed by atoms with Crippen LogP contribution in [-0.4, -0.2) is 68.2 Å². The van der Waals surface area contributed by atoms with Crippen LogP contribution in [0.3, 0.4) is 0 Å². The number of fused-ring (bicyclic) bond motifs is 1. The van der Waals surface area contributed by atoms with Gasteiger partial charge in [0.25, 0.3) is 0 Å². The first-order valence-corrected chi connectivity index (χ1v) is 16.1. The van der Waals surface area contributed by atoms with E-state index in [1.165, 1.54) is 5.69 Å². The first-order chi connectivity index (χ1) is 18.1. The minimum atomic E-state index is -1.87. The zero-order valence-electron chi connectivity index (χ0n) is 24.3. The smallest absolute Gasteiger partial charge is 0.229 e. The fourth-order valence-corrected chi connectivity index (χ4v) is 11.1. The molecule has 1 saturated heterocycles. The molecule has 202 valence electrons. The van der Waals surface area contributed by atoms with E-state index >= 15 is 0 Å². The number of anilines is 4. The standard InChI is InChI=1S/C30H43N7Si/c1-21(2)38(22(3)4,23(5)6)18-13-24-19-28(31-7)34-29-27(24)20-32-30(35-29)33-25-9-11-26(12-10-25)37-16-14-36(8)15-17-37/h9-12,19-23H,14-17H2,1-8H3,(H2,31,32,33,34,35). The molecule has 8 heteroatoms. The third-order valence-corrected chi connectivity index (χ3v) is 14.4. The molecule has 0 spiro atoms. The Morgan fingerprint density at radius 1 is 0.895 bits per heavy atom. The second-order valence-corrected chi connectivity index (χ2v) is 16.9. The maximum atomic E-state index is 4.76. The van der Waals surface area contributed by atoms with Crippen LogP contribution < -0.4 is 15.5 Å². The van der Waals surface area contributed by atoms with E-state index in [0.717, 1.165) is 48.6 Å². The van der Waals surface area contributed by atoms with Crippen LogP contribution in [0.5, 0.6) is 0 Å². The summed E-state index contributed by atoms with van der Waals surface area (Å²) < 4.78 is 0. The fourth-order valence-electron chi connectivity index (χ4n) is 5.86. The molecule has 1 aromatic carbocycles. The Labute approximate surface area is 229 Å². The highest BCUT2D eigenvalue weighted by molar-refractivity contribution is 6.90. The largest absolute Gasteiger partial charge is 0.373 e. The molecular formula is C30H43N7Si. The molecule has 1 aliphatic heterocycles. The van der Waals surface area contributed by atoms with Gasteiger partial charge in [-0.25, -0.2) is 9.97 Å². The Morgan fingerprint density at radius 3 is 2.11 bits per heavy atom. The Bertz CT molecular complexity index is 1280. The molecule has 38 heavy (non-hydrogen) atoms. The van der Waals surface area contributed by atoms with Crippen LogP contribution in [-0.2, 0) is 0 Å². The van der Waals surface area contributed by atoms with Crippen molar-refractivity contribution in [3.8, 4) is 11.5 Å². The van der Waals surface area contributed by atoms with Crippen molar-refractivity contribution in [1.82, 2.24) is 19.9 Å². The highest BCUT2D eigenvalue weighted by Crippen LogP contribution is 2.41. The summed E-state index contributed by atoms with van der Waals surface area (Å²) in [6, 6.07) is 10.5. The maximum absolute atomic E-state index is 4.76. The van der Waals surface area contributed by atoms with Crippen molar-refractivity contribution in [3.05, 3.63) is 42.1 Å². The molecule has 2 aromatic heterocycles. The Kier molecular flexibility index (Phi) is 8.59. The van der Waals surface area contributed by atoms with Gasteiger partial charge in [-0.2, -0.15) is 4.98 Å². The molecule has 3 aromatic rings. The third kappa shape index (κ3) is 5.79. The van der Waals surface area contributed by atoms with Crippen molar-refractivity contribution >= 4 is 42.2 Å². The molecule has 0 aliphatic carbocycles. The highest BCUT2D eigenvalue weighted by Gasteiger charge is 2.41. The average Bonchev–Trinajstić information content (AvgIpc) is 2.89. The van der Waals surface area contributed by atoms with Crippen molar-refractivity contribution < 1.29 is 0 Å². The molecule has 2 N–H and O–H groups in total.